The Labute approximate surface area is 95.9 Å². The van der Waals surface area contributed by atoms with Gasteiger partial charge in [0.1, 0.15) is 0 Å². The molecule has 0 aliphatic heterocycles. The molecule has 0 aliphatic rings. The average Bonchev–Trinajstić information content (AvgIpc) is 2.25. The minimum Gasteiger partial charge on any atom is -0.478 e. The zero-order valence-electron chi connectivity index (χ0n) is 10.0. The smallest absolute Gasteiger partial charge is 0.330 e. The van der Waals surface area contributed by atoms with Gasteiger partial charge in [-0.25, -0.2) is 4.79 Å². The van der Waals surface area contributed by atoms with E-state index in [1.54, 1.807) is 13.0 Å². The predicted octanol–water partition coefficient (Wildman–Crippen LogP) is 0.522. The number of carboxylic acids is 1. The zero-order valence-corrected chi connectivity index (χ0v) is 10.0. The Morgan fingerprint density at radius 2 is 2.06 bits per heavy atom. The largest absolute Gasteiger partial charge is 0.478 e. The molecule has 0 heterocycles. The van der Waals surface area contributed by atoms with Crippen LogP contribution in [0.4, 0.5) is 0 Å². The zero-order chi connectivity index (χ0) is 12.6. The van der Waals surface area contributed by atoms with Crippen LogP contribution in [0.1, 0.15) is 27.2 Å². The first-order valence-corrected chi connectivity index (χ1v) is 5.40. The summed E-state index contributed by atoms with van der Waals surface area (Å²) in [5.41, 5.74) is 0.272. The molecule has 5 nitrogen and oxygen atoms in total. The molecule has 0 aromatic heterocycles. The molecule has 0 bridgehead atoms. The Morgan fingerprint density at radius 1 is 1.44 bits per heavy atom. The third-order valence-corrected chi connectivity index (χ3v) is 2.11. The lowest BCUT2D eigenvalue weighted by atomic mass is 10.2. The van der Waals surface area contributed by atoms with E-state index in [1.807, 2.05) is 6.92 Å². The van der Waals surface area contributed by atoms with E-state index in [2.05, 4.69) is 10.6 Å². The van der Waals surface area contributed by atoms with Gasteiger partial charge >= 0.3 is 5.97 Å². The minimum absolute atomic E-state index is 0.0665. The van der Waals surface area contributed by atoms with Crippen molar-refractivity contribution in [1.29, 1.82) is 0 Å². The third kappa shape index (κ3) is 6.19. The summed E-state index contributed by atoms with van der Waals surface area (Å²) in [6.45, 7) is 6.28. The number of carbonyl (C=O) groups excluding carboxylic acids is 1. The summed E-state index contributed by atoms with van der Waals surface area (Å²) >= 11 is 0. The fraction of sp³-hybridized carbons (Fsp3) is 0.636. The number of aliphatic carboxylic acids is 1. The van der Waals surface area contributed by atoms with Gasteiger partial charge in [0.05, 0.1) is 6.04 Å². The van der Waals surface area contributed by atoms with Crippen LogP contribution in [0.15, 0.2) is 11.6 Å². The molecular formula is C11H20N2O3. The number of hydrogen-bond acceptors (Lipinski definition) is 3. The Balaban J connectivity index is 3.89. The molecule has 1 amide bonds. The molecule has 1 atom stereocenters. The van der Waals surface area contributed by atoms with Crippen LogP contribution in [0.3, 0.4) is 0 Å². The van der Waals surface area contributed by atoms with E-state index >= 15 is 0 Å². The molecule has 0 radical (unpaired) electrons. The summed E-state index contributed by atoms with van der Waals surface area (Å²) in [6, 6.07) is -0.315. The molecule has 16 heavy (non-hydrogen) atoms. The lowest BCUT2D eigenvalue weighted by Gasteiger charge is -2.12. The molecule has 0 aromatic rings. The van der Waals surface area contributed by atoms with Crippen LogP contribution < -0.4 is 10.6 Å². The molecule has 0 rings (SSSR count). The van der Waals surface area contributed by atoms with Crippen molar-refractivity contribution in [2.75, 3.05) is 13.1 Å². The fourth-order valence-electron chi connectivity index (χ4n) is 0.970. The van der Waals surface area contributed by atoms with Crippen LogP contribution in [-0.4, -0.2) is 36.1 Å². The predicted molar refractivity (Wildman–Crippen MR) is 62.2 cm³/mol. The van der Waals surface area contributed by atoms with E-state index in [-0.39, 0.29) is 17.5 Å². The number of carbonyl (C=O) groups is 2. The summed E-state index contributed by atoms with van der Waals surface area (Å²) < 4.78 is 0. The van der Waals surface area contributed by atoms with Crippen molar-refractivity contribution in [3.05, 3.63) is 11.6 Å². The summed E-state index contributed by atoms with van der Waals surface area (Å²) in [7, 11) is 0. The molecule has 92 valence electrons. The van der Waals surface area contributed by atoms with Crippen molar-refractivity contribution in [2.24, 2.45) is 0 Å². The maximum atomic E-state index is 11.4. The highest BCUT2D eigenvalue weighted by atomic mass is 16.4. The van der Waals surface area contributed by atoms with Crippen LogP contribution in [0.2, 0.25) is 0 Å². The van der Waals surface area contributed by atoms with Crippen molar-refractivity contribution in [3.63, 3.8) is 0 Å². The average molecular weight is 228 g/mol. The van der Waals surface area contributed by atoms with Crippen molar-refractivity contribution in [3.8, 4) is 0 Å². The van der Waals surface area contributed by atoms with Gasteiger partial charge < -0.3 is 15.7 Å². The van der Waals surface area contributed by atoms with E-state index in [9.17, 15) is 9.59 Å². The fourth-order valence-corrected chi connectivity index (χ4v) is 0.970. The Bertz CT molecular complexity index is 274. The first-order chi connectivity index (χ1) is 7.49. The van der Waals surface area contributed by atoms with Crippen molar-refractivity contribution in [1.82, 2.24) is 10.6 Å². The van der Waals surface area contributed by atoms with Crippen LogP contribution in [0, 0.1) is 0 Å². The number of carboxylic acid groups (broad SMARTS) is 1. The molecule has 0 aromatic carbocycles. The summed E-state index contributed by atoms with van der Waals surface area (Å²) in [6.07, 6.45) is 2.45. The summed E-state index contributed by atoms with van der Waals surface area (Å²) in [5.74, 6) is -1.01. The maximum Gasteiger partial charge on any atom is 0.330 e. The quantitative estimate of drug-likeness (QED) is 0.555. The molecule has 3 N–H and O–H groups in total. The number of nitrogens with one attached hydrogen (secondary N) is 2. The third-order valence-electron chi connectivity index (χ3n) is 2.11. The van der Waals surface area contributed by atoms with Gasteiger partial charge in [0.25, 0.3) is 0 Å². The first kappa shape index (κ1) is 14.6. The molecule has 0 fully saturated rings. The molecule has 0 saturated carbocycles. The van der Waals surface area contributed by atoms with Gasteiger partial charge in [0.15, 0.2) is 0 Å². The van der Waals surface area contributed by atoms with Gasteiger partial charge in [-0.2, -0.15) is 0 Å². The van der Waals surface area contributed by atoms with Gasteiger partial charge in [-0.15, -0.1) is 0 Å². The van der Waals surface area contributed by atoms with E-state index in [1.165, 1.54) is 6.92 Å². The van der Waals surface area contributed by atoms with Crippen molar-refractivity contribution in [2.45, 2.75) is 33.2 Å². The minimum atomic E-state index is -0.940. The van der Waals surface area contributed by atoms with E-state index in [0.717, 1.165) is 6.42 Å². The Hall–Kier alpha value is -1.36. The highest BCUT2D eigenvalue weighted by molar-refractivity contribution is 5.85. The highest BCUT2D eigenvalue weighted by Crippen LogP contribution is 1.91. The number of rotatable bonds is 7. The normalized spacial score (nSPS) is 13.3. The second kappa shape index (κ2) is 7.87. The van der Waals surface area contributed by atoms with Gasteiger partial charge in [-0.05, 0) is 20.3 Å². The Morgan fingerprint density at radius 3 is 2.56 bits per heavy atom. The van der Waals surface area contributed by atoms with Crippen LogP contribution >= 0.6 is 0 Å². The SMILES string of the molecule is CCCNC(=O)C(C)NC/C=C(/C)C(=O)O. The van der Waals surface area contributed by atoms with Gasteiger partial charge in [-0.1, -0.05) is 13.0 Å². The second-order valence-electron chi connectivity index (χ2n) is 3.61. The summed E-state index contributed by atoms with van der Waals surface area (Å²) in [4.78, 5) is 21.9. The lowest BCUT2D eigenvalue weighted by molar-refractivity contribution is -0.132. The summed E-state index contributed by atoms with van der Waals surface area (Å²) in [5, 5.41) is 14.3. The van der Waals surface area contributed by atoms with Gasteiger partial charge in [0.2, 0.25) is 5.91 Å². The monoisotopic (exact) mass is 228 g/mol. The van der Waals surface area contributed by atoms with Crippen molar-refractivity contribution < 1.29 is 14.7 Å². The van der Waals surface area contributed by atoms with E-state index < -0.39 is 5.97 Å². The van der Waals surface area contributed by atoms with E-state index in [4.69, 9.17) is 5.11 Å². The van der Waals surface area contributed by atoms with Gasteiger partial charge in [-0.3, -0.25) is 4.79 Å². The first-order valence-electron chi connectivity index (χ1n) is 5.40. The molecule has 0 spiro atoms. The maximum absolute atomic E-state index is 11.4. The Kier molecular flexibility index (Phi) is 7.20. The molecule has 0 saturated heterocycles. The number of hydrogen-bond donors (Lipinski definition) is 3. The van der Waals surface area contributed by atoms with Crippen molar-refractivity contribution >= 4 is 11.9 Å². The number of amides is 1. The molecular weight excluding hydrogens is 208 g/mol. The van der Waals surface area contributed by atoms with Gasteiger partial charge in [0, 0.05) is 18.7 Å². The molecule has 0 aliphatic carbocycles. The highest BCUT2D eigenvalue weighted by Gasteiger charge is 2.10. The van der Waals surface area contributed by atoms with E-state index in [0.29, 0.717) is 13.1 Å². The van der Waals surface area contributed by atoms with Crippen LogP contribution in [-0.2, 0) is 9.59 Å². The standard InChI is InChI=1S/C11H20N2O3/c1-4-6-13-10(14)9(3)12-7-5-8(2)11(15)16/h5,9,12H,4,6-7H2,1-3H3,(H,13,14)(H,15,16)/b8-5-. The van der Waals surface area contributed by atoms with Crippen LogP contribution in [0.25, 0.3) is 0 Å². The van der Waals surface area contributed by atoms with Crippen LogP contribution in [0.5, 0.6) is 0 Å². The molecule has 1 unspecified atom stereocenters. The molecule has 5 heteroatoms. The lowest BCUT2D eigenvalue weighted by Crippen LogP contribution is -2.42. The second-order valence-corrected chi connectivity index (χ2v) is 3.61. The topological polar surface area (TPSA) is 78.4 Å².